The van der Waals surface area contributed by atoms with Crippen LogP contribution in [0.5, 0.6) is 0 Å². The molecule has 1 heterocycles. The summed E-state index contributed by atoms with van der Waals surface area (Å²) in [5.74, 6) is 0. The van der Waals surface area contributed by atoms with Gasteiger partial charge in [-0.2, -0.15) is 0 Å². The van der Waals surface area contributed by atoms with Gasteiger partial charge in [-0.05, 0) is 52.2 Å². The van der Waals surface area contributed by atoms with Crippen molar-refractivity contribution < 1.29 is 0 Å². The van der Waals surface area contributed by atoms with E-state index in [4.69, 9.17) is 0 Å². The van der Waals surface area contributed by atoms with Crippen LogP contribution in [0.25, 0.3) is 0 Å². The van der Waals surface area contributed by atoms with Crippen molar-refractivity contribution in [1.29, 1.82) is 0 Å². The molecular formula is C13H28N2. The molecule has 1 saturated heterocycles. The van der Waals surface area contributed by atoms with Crippen molar-refractivity contribution in [2.45, 2.75) is 65.0 Å². The Morgan fingerprint density at radius 2 is 2.07 bits per heavy atom. The normalized spacial score (nSPS) is 26.2. The Balaban J connectivity index is 2.24. The van der Waals surface area contributed by atoms with Crippen LogP contribution in [0, 0.1) is 0 Å². The zero-order valence-electron chi connectivity index (χ0n) is 10.8. The third-order valence-corrected chi connectivity index (χ3v) is 3.51. The molecule has 1 aliphatic rings. The predicted molar refractivity (Wildman–Crippen MR) is 67.3 cm³/mol. The van der Waals surface area contributed by atoms with Gasteiger partial charge in [-0.15, -0.1) is 0 Å². The van der Waals surface area contributed by atoms with Crippen molar-refractivity contribution in [1.82, 2.24) is 10.2 Å². The number of likely N-dealkylation sites (tertiary alicyclic amines) is 1. The largest absolute Gasteiger partial charge is 0.311 e. The predicted octanol–water partition coefficient (Wildman–Crippen LogP) is 2.64. The van der Waals surface area contributed by atoms with E-state index in [1.165, 1.54) is 51.7 Å². The molecule has 2 unspecified atom stereocenters. The molecule has 1 fully saturated rings. The minimum atomic E-state index is 0.702. The van der Waals surface area contributed by atoms with Crippen molar-refractivity contribution in [3.05, 3.63) is 0 Å². The SMILES string of the molecule is CCCC(C)NC1CCCN(CC)CC1. The average molecular weight is 212 g/mol. The lowest BCUT2D eigenvalue weighted by Gasteiger charge is -2.22. The molecule has 2 heteroatoms. The first kappa shape index (κ1) is 13.0. The fraction of sp³-hybridized carbons (Fsp3) is 1.00. The number of hydrogen-bond donors (Lipinski definition) is 1. The molecule has 15 heavy (non-hydrogen) atoms. The van der Waals surface area contributed by atoms with Crippen LogP contribution < -0.4 is 5.32 Å². The second kappa shape index (κ2) is 7.24. The Hall–Kier alpha value is -0.0800. The third kappa shape index (κ3) is 4.98. The molecule has 0 amide bonds. The molecule has 0 bridgehead atoms. The number of rotatable bonds is 5. The minimum Gasteiger partial charge on any atom is -0.311 e. The zero-order valence-corrected chi connectivity index (χ0v) is 10.8. The van der Waals surface area contributed by atoms with Gasteiger partial charge in [0.25, 0.3) is 0 Å². The average Bonchev–Trinajstić information content (AvgIpc) is 2.43. The molecule has 2 atom stereocenters. The summed E-state index contributed by atoms with van der Waals surface area (Å²) in [5.41, 5.74) is 0. The van der Waals surface area contributed by atoms with Crippen LogP contribution >= 0.6 is 0 Å². The fourth-order valence-electron chi connectivity index (χ4n) is 2.56. The summed E-state index contributed by atoms with van der Waals surface area (Å²) in [4.78, 5) is 2.58. The van der Waals surface area contributed by atoms with E-state index < -0.39 is 0 Å². The number of nitrogens with one attached hydrogen (secondary N) is 1. The van der Waals surface area contributed by atoms with Crippen LogP contribution in [0.15, 0.2) is 0 Å². The van der Waals surface area contributed by atoms with Crippen molar-refractivity contribution >= 4 is 0 Å². The maximum absolute atomic E-state index is 3.78. The van der Waals surface area contributed by atoms with E-state index in [-0.39, 0.29) is 0 Å². The van der Waals surface area contributed by atoms with Crippen molar-refractivity contribution in [3.8, 4) is 0 Å². The lowest BCUT2D eigenvalue weighted by molar-refractivity contribution is 0.295. The summed E-state index contributed by atoms with van der Waals surface area (Å²) in [6.07, 6.45) is 6.67. The van der Waals surface area contributed by atoms with Gasteiger partial charge in [0.1, 0.15) is 0 Å². The summed E-state index contributed by atoms with van der Waals surface area (Å²) in [6.45, 7) is 10.7. The molecule has 1 N–H and O–H groups in total. The van der Waals surface area contributed by atoms with Crippen LogP contribution in [0.4, 0.5) is 0 Å². The molecule has 0 aromatic rings. The van der Waals surface area contributed by atoms with Crippen molar-refractivity contribution in [3.63, 3.8) is 0 Å². The Morgan fingerprint density at radius 3 is 2.73 bits per heavy atom. The fourth-order valence-corrected chi connectivity index (χ4v) is 2.56. The Kier molecular flexibility index (Phi) is 6.26. The van der Waals surface area contributed by atoms with Crippen LogP contribution in [0.3, 0.4) is 0 Å². The summed E-state index contributed by atoms with van der Waals surface area (Å²) < 4.78 is 0. The lowest BCUT2D eigenvalue weighted by Crippen LogP contribution is -2.37. The number of hydrogen-bond acceptors (Lipinski definition) is 2. The van der Waals surface area contributed by atoms with Crippen LogP contribution in [-0.4, -0.2) is 36.6 Å². The van der Waals surface area contributed by atoms with E-state index >= 15 is 0 Å². The highest BCUT2D eigenvalue weighted by atomic mass is 15.1. The molecule has 1 aliphatic heterocycles. The van der Waals surface area contributed by atoms with E-state index in [0.717, 1.165) is 6.04 Å². The topological polar surface area (TPSA) is 15.3 Å². The Labute approximate surface area is 95.4 Å². The molecular weight excluding hydrogens is 184 g/mol. The monoisotopic (exact) mass is 212 g/mol. The van der Waals surface area contributed by atoms with Gasteiger partial charge in [0, 0.05) is 12.1 Å². The maximum atomic E-state index is 3.78. The first-order valence-corrected chi connectivity index (χ1v) is 6.74. The van der Waals surface area contributed by atoms with Crippen molar-refractivity contribution in [2.75, 3.05) is 19.6 Å². The molecule has 1 rings (SSSR count). The van der Waals surface area contributed by atoms with Crippen LogP contribution in [0.2, 0.25) is 0 Å². The minimum absolute atomic E-state index is 0.702. The summed E-state index contributed by atoms with van der Waals surface area (Å²) in [7, 11) is 0. The Morgan fingerprint density at radius 1 is 1.27 bits per heavy atom. The van der Waals surface area contributed by atoms with Gasteiger partial charge in [0.2, 0.25) is 0 Å². The molecule has 0 saturated carbocycles. The van der Waals surface area contributed by atoms with Crippen molar-refractivity contribution in [2.24, 2.45) is 0 Å². The highest BCUT2D eigenvalue weighted by molar-refractivity contribution is 4.76. The van der Waals surface area contributed by atoms with E-state index in [0.29, 0.717) is 6.04 Å². The molecule has 0 aromatic heterocycles. The number of nitrogens with zero attached hydrogens (tertiary/aromatic N) is 1. The Bertz CT molecular complexity index is 159. The van der Waals surface area contributed by atoms with Gasteiger partial charge in [-0.25, -0.2) is 0 Å². The standard InChI is InChI=1S/C13H28N2/c1-4-7-12(3)14-13-8-6-10-15(5-2)11-9-13/h12-14H,4-11H2,1-3H3. The van der Waals surface area contributed by atoms with Gasteiger partial charge in [0.05, 0.1) is 0 Å². The lowest BCUT2D eigenvalue weighted by atomic mass is 10.1. The molecule has 0 aliphatic carbocycles. The smallest absolute Gasteiger partial charge is 0.00821 e. The molecule has 90 valence electrons. The van der Waals surface area contributed by atoms with Gasteiger partial charge < -0.3 is 10.2 Å². The first-order valence-electron chi connectivity index (χ1n) is 6.74. The maximum Gasteiger partial charge on any atom is 0.00821 e. The van der Waals surface area contributed by atoms with E-state index in [1.807, 2.05) is 0 Å². The second-order valence-electron chi connectivity index (χ2n) is 4.92. The summed E-state index contributed by atoms with van der Waals surface area (Å²) in [6, 6.07) is 1.47. The van der Waals surface area contributed by atoms with E-state index in [1.54, 1.807) is 0 Å². The van der Waals surface area contributed by atoms with E-state index in [2.05, 4.69) is 31.0 Å². The zero-order chi connectivity index (χ0) is 11.1. The van der Waals surface area contributed by atoms with Gasteiger partial charge in [-0.1, -0.05) is 20.3 Å². The highest BCUT2D eigenvalue weighted by Gasteiger charge is 2.16. The second-order valence-corrected chi connectivity index (χ2v) is 4.92. The van der Waals surface area contributed by atoms with Gasteiger partial charge in [0.15, 0.2) is 0 Å². The van der Waals surface area contributed by atoms with Crippen LogP contribution in [0.1, 0.15) is 52.9 Å². The first-order chi connectivity index (χ1) is 7.26. The molecule has 0 spiro atoms. The van der Waals surface area contributed by atoms with Crippen LogP contribution in [-0.2, 0) is 0 Å². The molecule has 0 aromatic carbocycles. The van der Waals surface area contributed by atoms with Gasteiger partial charge >= 0.3 is 0 Å². The van der Waals surface area contributed by atoms with E-state index in [9.17, 15) is 0 Å². The van der Waals surface area contributed by atoms with Gasteiger partial charge in [-0.3, -0.25) is 0 Å². The third-order valence-electron chi connectivity index (χ3n) is 3.51. The highest BCUT2D eigenvalue weighted by Crippen LogP contribution is 2.12. The summed E-state index contributed by atoms with van der Waals surface area (Å²) in [5, 5.41) is 3.78. The summed E-state index contributed by atoms with van der Waals surface area (Å²) >= 11 is 0. The quantitative estimate of drug-likeness (QED) is 0.753. The molecule has 2 nitrogen and oxygen atoms in total. The molecule has 0 radical (unpaired) electrons.